The van der Waals surface area contributed by atoms with Crippen molar-refractivity contribution in [1.82, 2.24) is 5.43 Å². The third kappa shape index (κ3) is 4.04. The highest BCUT2D eigenvalue weighted by Gasteiger charge is 2.08. The molecule has 0 aliphatic heterocycles. The first-order valence-electron chi connectivity index (χ1n) is 6.19. The Morgan fingerprint density at radius 3 is 2.57 bits per heavy atom. The molecule has 0 bridgehead atoms. The van der Waals surface area contributed by atoms with E-state index < -0.39 is 11.8 Å². The summed E-state index contributed by atoms with van der Waals surface area (Å²) in [6.07, 6.45) is 0. The second-order valence-electron chi connectivity index (χ2n) is 4.23. The minimum Gasteiger partial charge on any atom is -0.454 e. The molecule has 0 spiro atoms. The summed E-state index contributed by atoms with van der Waals surface area (Å²) in [5.41, 5.74) is 7.94. The maximum Gasteiger partial charge on any atom is 0.332 e. The van der Waals surface area contributed by atoms with Crippen molar-refractivity contribution in [2.45, 2.75) is 6.92 Å². The SMILES string of the molecule is CC(=NNC(N)=O)c1ccc(Oc2ccccc2)c(F)c1. The summed E-state index contributed by atoms with van der Waals surface area (Å²) in [4.78, 5) is 10.6. The zero-order valence-corrected chi connectivity index (χ0v) is 11.3. The van der Waals surface area contributed by atoms with Crippen molar-refractivity contribution < 1.29 is 13.9 Å². The van der Waals surface area contributed by atoms with E-state index in [9.17, 15) is 9.18 Å². The fourth-order valence-corrected chi connectivity index (χ4v) is 1.63. The van der Waals surface area contributed by atoms with Crippen LogP contribution in [0.4, 0.5) is 9.18 Å². The van der Waals surface area contributed by atoms with Crippen molar-refractivity contribution in [2.75, 3.05) is 0 Å². The topological polar surface area (TPSA) is 76.7 Å². The molecule has 21 heavy (non-hydrogen) atoms. The van der Waals surface area contributed by atoms with Gasteiger partial charge in [-0.2, -0.15) is 5.10 Å². The number of amides is 2. The van der Waals surface area contributed by atoms with E-state index in [0.717, 1.165) is 0 Å². The number of rotatable bonds is 4. The number of hydrogen-bond acceptors (Lipinski definition) is 3. The molecule has 5 nitrogen and oxygen atoms in total. The molecule has 2 amide bonds. The first-order valence-corrected chi connectivity index (χ1v) is 6.19. The van der Waals surface area contributed by atoms with Crippen LogP contribution in [0.3, 0.4) is 0 Å². The average molecular weight is 287 g/mol. The Balaban J connectivity index is 2.17. The van der Waals surface area contributed by atoms with Crippen LogP contribution in [0, 0.1) is 5.82 Å². The summed E-state index contributed by atoms with van der Waals surface area (Å²) < 4.78 is 19.4. The molecular weight excluding hydrogens is 273 g/mol. The smallest absolute Gasteiger partial charge is 0.332 e. The van der Waals surface area contributed by atoms with E-state index in [-0.39, 0.29) is 5.75 Å². The van der Waals surface area contributed by atoms with E-state index in [2.05, 4.69) is 10.5 Å². The summed E-state index contributed by atoms with van der Waals surface area (Å²) in [7, 11) is 0. The molecule has 0 aliphatic carbocycles. The molecule has 0 atom stereocenters. The van der Waals surface area contributed by atoms with Crippen LogP contribution >= 0.6 is 0 Å². The molecule has 2 aromatic rings. The number of nitrogens with two attached hydrogens (primary N) is 1. The van der Waals surface area contributed by atoms with Crippen molar-refractivity contribution in [3.8, 4) is 11.5 Å². The second kappa shape index (κ2) is 6.51. The molecular formula is C15H14FN3O2. The number of para-hydroxylation sites is 1. The molecule has 2 rings (SSSR count). The molecule has 0 unspecified atom stereocenters. The van der Waals surface area contributed by atoms with Crippen LogP contribution in [0.25, 0.3) is 0 Å². The number of primary amides is 1. The van der Waals surface area contributed by atoms with E-state index >= 15 is 0 Å². The Morgan fingerprint density at radius 1 is 1.24 bits per heavy atom. The van der Waals surface area contributed by atoms with E-state index in [1.54, 1.807) is 37.3 Å². The van der Waals surface area contributed by atoms with E-state index in [1.165, 1.54) is 12.1 Å². The van der Waals surface area contributed by atoms with Crippen LogP contribution in [0.1, 0.15) is 12.5 Å². The third-order valence-electron chi connectivity index (χ3n) is 2.65. The minimum atomic E-state index is -0.779. The number of halogens is 1. The summed E-state index contributed by atoms with van der Waals surface area (Å²) in [6, 6.07) is 12.6. The highest BCUT2D eigenvalue weighted by Crippen LogP contribution is 2.25. The largest absolute Gasteiger partial charge is 0.454 e. The molecule has 2 aromatic carbocycles. The molecule has 108 valence electrons. The highest BCUT2D eigenvalue weighted by atomic mass is 19.1. The molecule has 3 N–H and O–H groups in total. The Labute approximate surface area is 121 Å². The molecule has 0 heterocycles. The molecule has 0 fully saturated rings. The van der Waals surface area contributed by atoms with E-state index in [1.807, 2.05) is 6.07 Å². The number of hydrazone groups is 1. The van der Waals surface area contributed by atoms with Gasteiger partial charge in [0.25, 0.3) is 0 Å². The molecule has 0 saturated carbocycles. The van der Waals surface area contributed by atoms with Gasteiger partial charge in [-0.3, -0.25) is 0 Å². The second-order valence-corrected chi connectivity index (χ2v) is 4.23. The highest BCUT2D eigenvalue weighted by molar-refractivity contribution is 5.99. The number of nitrogens with one attached hydrogen (secondary N) is 1. The van der Waals surface area contributed by atoms with Crippen LogP contribution < -0.4 is 15.9 Å². The van der Waals surface area contributed by atoms with Crippen LogP contribution in [0.2, 0.25) is 0 Å². The standard InChI is InChI=1S/C15H14FN3O2/c1-10(18-19-15(17)20)11-7-8-14(13(16)9-11)21-12-5-3-2-4-6-12/h2-9H,1H3,(H3,17,19,20). The maximum atomic E-state index is 14.0. The fraction of sp³-hybridized carbons (Fsp3) is 0.0667. The first-order chi connectivity index (χ1) is 10.1. The molecule has 0 aromatic heterocycles. The van der Waals surface area contributed by atoms with Gasteiger partial charge in [0, 0.05) is 5.56 Å². The number of hydrogen-bond donors (Lipinski definition) is 2. The molecule has 0 radical (unpaired) electrons. The van der Waals surface area contributed by atoms with E-state index in [4.69, 9.17) is 10.5 Å². The number of carbonyl (C=O) groups excluding carboxylic acids is 1. The van der Waals surface area contributed by atoms with Gasteiger partial charge in [-0.1, -0.05) is 18.2 Å². The fourth-order valence-electron chi connectivity index (χ4n) is 1.63. The lowest BCUT2D eigenvalue weighted by atomic mass is 10.1. The monoisotopic (exact) mass is 287 g/mol. The summed E-state index contributed by atoms with van der Waals surface area (Å²) in [5, 5.41) is 3.73. The van der Waals surface area contributed by atoms with Gasteiger partial charge in [0.1, 0.15) is 5.75 Å². The minimum absolute atomic E-state index is 0.112. The lowest BCUT2D eigenvalue weighted by Gasteiger charge is -2.08. The lowest BCUT2D eigenvalue weighted by molar-refractivity contribution is 0.249. The van der Waals surface area contributed by atoms with Crippen molar-refractivity contribution in [3.05, 3.63) is 59.9 Å². The van der Waals surface area contributed by atoms with Crippen molar-refractivity contribution in [1.29, 1.82) is 0 Å². The van der Waals surface area contributed by atoms with Crippen LogP contribution in [-0.2, 0) is 0 Å². The lowest BCUT2D eigenvalue weighted by Crippen LogP contribution is -2.25. The van der Waals surface area contributed by atoms with Gasteiger partial charge in [-0.15, -0.1) is 0 Å². The summed E-state index contributed by atoms with van der Waals surface area (Å²) >= 11 is 0. The molecule has 0 aliphatic rings. The molecule has 0 saturated heterocycles. The number of nitrogens with zero attached hydrogens (tertiary/aromatic N) is 1. The number of ether oxygens (including phenoxy) is 1. The summed E-state index contributed by atoms with van der Waals surface area (Å²) in [5.74, 6) is 0.135. The molecule has 6 heteroatoms. The van der Waals surface area contributed by atoms with Crippen LogP contribution in [0.5, 0.6) is 11.5 Å². The van der Waals surface area contributed by atoms with Crippen molar-refractivity contribution in [2.24, 2.45) is 10.8 Å². The van der Waals surface area contributed by atoms with Gasteiger partial charge >= 0.3 is 6.03 Å². The van der Waals surface area contributed by atoms with Crippen molar-refractivity contribution >= 4 is 11.7 Å². The average Bonchev–Trinajstić information content (AvgIpc) is 2.48. The predicted octanol–water partition coefficient (Wildman–Crippen LogP) is 3.01. The Morgan fingerprint density at radius 2 is 1.95 bits per heavy atom. The van der Waals surface area contributed by atoms with Gasteiger partial charge in [-0.25, -0.2) is 14.6 Å². The van der Waals surface area contributed by atoms with Crippen LogP contribution in [0.15, 0.2) is 53.6 Å². The Hall–Kier alpha value is -2.89. The zero-order valence-electron chi connectivity index (χ0n) is 11.3. The number of urea groups is 1. The normalized spacial score (nSPS) is 11.0. The Bertz CT molecular complexity index is 672. The summed E-state index contributed by atoms with van der Waals surface area (Å²) in [6.45, 7) is 1.63. The van der Waals surface area contributed by atoms with Crippen LogP contribution in [-0.4, -0.2) is 11.7 Å². The van der Waals surface area contributed by atoms with E-state index in [0.29, 0.717) is 17.0 Å². The quantitative estimate of drug-likeness (QED) is 0.670. The van der Waals surface area contributed by atoms with Gasteiger partial charge in [0.2, 0.25) is 0 Å². The Kier molecular flexibility index (Phi) is 4.50. The first kappa shape index (κ1) is 14.5. The van der Waals surface area contributed by atoms with Gasteiger partial charge < -0.3 is 10.5 Å². The predicted molar refractivity (Wildman–Crippen MR) is 77.8 cm³/mol. The zero-order chi connectivity index (χ0) is 15.2. The van der Waals surface area contributed by atoms with Gasteiger partial charge in [0.15, 0.2) is 11.6 Å². The number of carbonyl (C=O) groups is 1. The maximum absolute atomic E-state index is 14.0. The van der Waals surface area contributed by atoms with Crippen molar-refractivity contribution in [3.63, 3.8) is 0 Å². The van der Waals surface area contributed by atoms with Gasteiger partial charge in [0.05, 0.1) is 5.71 Å². The third-order valence-corrected chi connectivity index (χ3v) is 2.65. The van der Waals surface area contributed by atoms with Gasteiger partial charge in [-0.05, 0) is 37.3 Å². The number of benzene rings is 2.